The van der Waals surface area contributed by atoms with Crippen LogP contribution in [0.2, 0.25) is 0 Å². The number of carbonyl (C=O) groups is 1. The van der Waals surface area contributed by atoms with Crippen molar-refractivity contribution in [3.8, 4) is 11.6 Å². The zero-order valence-corrected chi connectivity index (χ0v) is 16.7. The van der Waals surface area contributed by atoms with Gasteiger partial charge >= 0.3 is 0 Å². The molecule has 0 saturated carbocycles. The van der Waals surface area contributed by atoms with Crippen molar-refractivity contribution >= 4 is 11.7 Å². The Morgan fingerprint density at radius 3 is 2.86 bits per heavy atom. The van der Waals surface area contributed by atoms with E-state index in [0.717, 1.165) is 18.4 Å². The number of nitrogens with zero attached hydrogens (tertiary/aromatic N) is 4. The maximum Gasteiger partial charge on any atom is 0.224 e. The second-order valence-electron chi connectivity index (χ2n) is 7.24. The van der Waals surface area contributed by atoms with Crippen LogP contribution in [0.3, 0.4) is 0 Å². The Balaban J connectivity index is 1.68. The van der Waals surface area contributed by atoms with Crippen molar-refractivity contribution in [2.45, 2.75) is 46.1 Å². The fourth-order valence-electron chi connectivity index (χ4n) is 3.37. The van der Waals surface area contributed by atoms with Crippen LogP contribution in [0.25, 0.3) is 0 Å². The molecule has 1 saturated heterocycles. The minimum absolute atomic E-state index is 0.103. The molecule has 0 bridgehead atoms. The van der Waals surface area contributed by atoms with E-state index in [0.29, 0.717) is 37.8 Å². The molecular formula is C21H27FN4O2. The molecule has 0 spiro atoms. The van der Waals surface area contributed by atoms with Gasteiger partial charge in [0.25, 0.3) is 0 Å². The Morgan fingerprint density at radius 2 is 2.11 bits per heavy atom. The first kappa shape index (κ1) is 20.0. The van der Waals surface area contributed by atoms with Gasteiger partial charge < -0.3 is 14.5 Å². The molecule has 1 aliphatic heterocycles. The molecule has 3 rings (SSSR count). The van der Waals surface area contributed by atoms with E-state index in [1.165, 1.54) is 12.4 Å². The summed E-state index contributed by atoms with van der Waals surface area (Å²) in [6.07, 6.45) is 3.97. The molecule has 1 aliphatic rings. The molecule has 6 nitrogen and oxygen atoms in total. The van der Waals surface area contributed by atoms with E-state index >= 15 is 0 Å². The molecular weight excluding hydrogens is 359 g/mol. The molecule has 2 heterocycles. The molecule has 1 atom stereocenters. The summed E-state index contributed by atoms with van der Waals surface area (Å²) >= 11 is 0. The van der Waals surface area contributed by atoms with E-state index in [1.54, 1.807) is 18.2 Å². The monoisotopic (exact) mass is 386 g/mol. The number of hydrogen-bond acceptors (Lipinski definition) is 5. The third kappa shape index (κ3) is 4.77. The van der Waals surface area contributed by atoms with Gasteiger partial charge in [0, 0.05) is 38.2 Å². The summed E-state index contributed by atoms with van der Waals surface area (Å²) < 4.78 is 19.6. The first-order valence-electron chi connectivity index (χ1n) is 9.78. The first-order chi connectivity index (χ1) is 13.5. The van der Waals surface area contributed by atoms with Gasteiger partial charge in [-0.2, -0.15) is 0 Å². The maximum absolute atomic E-state index is 14.0. The van der Waals surface area contributed by atoms with Crippen LogP contribution in [-0.2, 0) is 4.79 Å². The Labute approximate surface area is 165 Å². The summed E-state index contributed by atoms with van der Waals surface area (Å²) in [5.74, 6) is 0.938. The highest BCUT2D eigenvalue weighted by atomic mass is 19.1. The smallest absolute Gasteiger partial charge is 0.224 e. The van der Waals surface area contributed by atoms with Gasteiger partial charge in [-0.3, -0.25) is 4.79 Å². The topological polar surface area (TPSA) is 58.6 Å². The van der Waals surface area contributed by atoms with Crippen molar-refractivity contribution in [3.05, 3.63) is 42.0 Å². The number of hydrogen-bond donors (Lipinski definition) is 0. The Hall–Kier alpha value is -2.70. The lowest BCUT2D eigenvalue weighted by molar-refractivity contribution is -0.133. The summed E-state index contributed by atoms with van der Waals surface area (Å²) in [6, 6.07) is 6.52. The van der Waals surface area contributed by atoms with Crippen LogP contribution in [0, 0.1) is 12.7 Å². The van der Waals surface area contributed by atoms with Gasteiger partial charge in [-0.15, -0.1) is 0 Å². The number of aryl methyl sites for hydroxylation is 1. The van der Waals surface area contributed by atoms with Gasteiger partial charge in [0.05, 0.1) is 0 Å². The highest BCUT2D eigenvalue weighted by Crippen LogP contribution is 2.26. The molecule has 0 N–H and O–H groups in total. The number of piperazine rings is 1. The molecule has 28 heavy (non-hydrogen) atoms. The van der Waals surface area contributed by atoms with Crippen LogP contribution in [0.15, 0.2) is 30.6 Å². The van der Waals surface area contributed by atoms with Crippen LogP contribution >= 0.6 is 0 Å². The molecule has 1 fully saturated rings. The third-order valence-corrected chi connectivity index (χ3v) is 4.94. The molecule has 7 heteroatoms. The predicted molar refractivity (Wildman–Crippen MR) is 106 cm³/mol. The second kappa shape index (κ2) is 8.99. The molecule has 150 valence electrons. The average Bonchev–Trinajstić information content (AvgIpc) is 2.69. The zero-order chi connectivity index (χ0) is 20.1. The second-order valence-corrected chi connectivity index (χ2v) is 7.24. The standard InChI is InChI=1S/C21H27FN4O2/c1-4-5-6-21(27)26-10-9-25(13-16(26)3)19-12-20(24-14-23-19)28-18-11-15(2)7-8-17(18)22/h7-8,11-12,14,16H,4-6,9-10,13H2,1-3H3/t16-/m0/s1. The fraction of sp³-hybridized carbons (Fsp3) is 0.476. The number of rotatable bonds is 6. The normalized spacial score (nSPS) is 16.9. The quantitative estimate of drug-likeness (QED) is 0.753. The molecule has 1 amide bonds. The van der Waals surface area contributed by atoms with Crippen molar-refractivity contribution in [1.82, 2.24) is 14.9 Å². The number of carbonyl (C=O) groups excluding carboxylic acids is 1. The van der Waals surface area contributed by atoms with E-state index in [9.17, 15) is 9.18 Å². The number of anilines is 1. The number of unbranched alkanes of at least 4 members (excludes halogenated alkanes) is 1. The summed E-state index contributed by atoms with van der Waals surface area (Å²) in [4.78, 5) is 24.9. The molecule has 0 aliphatic carbocycles. The van der Waals surface area contributed by atoms with Gasteiger partial charge in [-0.05, 0) is 38.0 Å². The molecule has 0 unspecified atom stereocenters. The molecule has 1 aromatic carbocycles. The van der Waals surface area contributed by atoms with Crippen LogP contribution in [0.5, 0.6) is 11.6 Å². The molecule has 1 aromatic heterocycles. The van der Waals surface area contributed by atoms with Gasteiger partial charge in [0.15, 0.2) is 11.6 Å². The Morgan fingerprint density at radius 1 is 1.29 bits per heavy atom. The minimum Gasteiger partial charge on any atom is -0.436 e. The highest BCUT2D eigenvalue weighted by molar-refractivity contribution is 5.76. The average molecular weight is 386 g/mol. The van der Waals surface area contributed by atoms with E-state index < -0.39 is 5.82 Å². The number of benzene rings is 1. The predicted octanol–water partition coefficient (Wildman–Crippen LogP) is 3.94. The van der Waals surface area contributed by atoms with Crippen LogP contribution < -0.4 is 9.64 Å². The molecule has 0 radical (unpaired) electrons. The van der Waals surface area contributed by atoms with Gasteiger partial charge in [0.1, 0.15) is 12.1 Å². The summed E-state index contributed by atoms with van der Waals surface area (Å²) in [7, 11) is 0. The van der Waals surface area contributed by atoms with Crippen molar-refractivity contribution in [2.24, 2.45) is 0 Å². The van der Waals surface area contributed by atoms with E-state index in [1.807, 2.05) is 11.8 Å². The minimum atomic E-state index is -0.432. The lowest BCUT2D eigenvalue weighted by Crippen LogP contribution is -2.54. The Bertz CT molecular complexity index is 830. The maximum atomic E-state index is 14.0. The van der Waals surface area contributed by atoms with E-state index in [2.05, 4.69) is 28.7 Å². The fourth-order valence-corrected chi connectivity index (χ4v) is 3.37. The summed E-state index contributed by atoms with van der Waals surface area (Å²) in [6.45, 7) is 8.06. The number of aromatic nitrogens is 2. The Kier molecular flexibility index (Phi) is 6.44. The number of ether oxygens (including phenoxy) is 1. The molecule has 2 aromatic rings. The SMILES string of the molecule is CCCCC(=O)N1CCN(c2cc(Oc3cc(C)ccc3F)ncn2)C[C@@H]1C. The van der Waals surface area contributed by atoms with Gasteiger partial charge in [0.2, 0.25) is 11.8 Å². The van der Waals surface area contributed by atoms with Gasteiger partial charge in [-0.25, -0.2) is 14.4 Å². The highest BCUT2D eigenvalue weighted by Gasteiger charge is 2.27. The largest absolute Gasteiger partial charge is 0.436 e. The first-order valence-corrected chi connectivity index (χ1v) is 9.78. The van der Waals surface area contributed by atoms with Crippen molar-refractivity contribution in [3.63, 3.8) is 0 Å². The lowest BCUT2D eigenvalue weighted by Gasteiger charge is -2.40. The number of halogens is 1. The summed E-state index contributed by atoms with van der Waals surface area (Å²) in [5.41, 5.74) is 0.906. The van der Waals surface area contributed by atoms with Crippen molar-refractivity contribution in [1.29, 1.82) is 0 Å². The van der Waals surface area contributed by atoms with Crippen molar-refractivity contribution in [2.75, 3.05) is 24.5 Å². The van der Waals surface area contributed by atoms with Crippen LogP contribution in [-0.4, -0.2) is 46.5 Å². The van der Waals surface area contributed by atoms with Crippen LogP contribution in [0.1, 0.15) is 38.7 Å². The van der Waals surface area contributed by atoms with E-state index in [-0.39, 0.29) is 17.7 Å². The van der Waals surface area contributed by atoms with Crippen LogP contribution in [0.4, 0.5) is 10.2 Å². The van der Waals surface area contributed by atoms with Gasteiger partial charge in [-0.1, -0.05) is 19.4 Å². The number of amides is 1. The third-order valence-electron chi connectivity index (χ3n) is 4.94. The van der Waals surface area contributed by atoms with Crippen molar-refractivity contribution < 1.29 is 13.9 Å². The van der Waals surface area contributed by atoms with E-state index in [4.69, 9.17) is 4.74 Å². The zero-order valence-electron chi connectivity index (χ0n) is 16.7. The summed E-state index contributed by atoms with van der Waals surface area (Å²) in [5, 5.41) is 0. The lowest BCUT2D eigenvalue weighted by atomic mass is 10.1.